The van der Waals surface area contributed by atoms with E-state index in [0.29, 0.717) is 12.1 Å². The second-order valence-electron chi connectivity index (χ2n) is 8.06. The molecule has 0 bridgehead atoms. The fourth-order valence-corrected chi connectivity index (χ4v) is 4.22. The van der Waals surface area contributed by atoms with Crippen LogP contribution in [0.2, 0.25) is 0 Å². The average Bonchev–Trinajstić information content (AvgIpc) is 3.28. The van der Waals surface area contributed by atoms with Crippen LogP contribution in [0.1, 0.15) is 30.6 Å². The summed E-state index contributed by atoms with van der Waals surface area (Å²) in [6.07, 6.45) is 6.48. The molecular weight excluding hydrogens is 402 g/mol. The van der Waals surface area contributed by atoms with Crippen molar-refractivity contribution in [2.24, 2.45) is 0 Å². The summed E-state index contributed by atoms with van der Waals surface area (Å²) in [4.78, 5) is 28.4. The molecule has 1 aliphatic heterocycles. The number of pyridine rings is 1. The van der Waals surface area contributed by atoms with Crippen molar-refractivity contribution in [3.63, 3.8) is 0 Å². The molecule has 32 heavy (non-hydrogen) atoms. The molecule has 3 aromatic rings. The third-order valence-electron chi connectivity index (χ3n) is 6.16. The van der Waals surface area contributed by atoms with Crippen molar-refractivity contribution in [3.8, 4) is 0 Å². The van der Waals surface area contributed by atoms with Crippen LogP contribution in [0.3, 0.4) is 0 Å². The number of fused-ring (bicyclic) bond motifs is 1. The maximum atomic E-state index is 12.7. The maximum absolute atomic E-state index is 12.7. The molecule has 8 nitrogen and oxygen atoms in total. The van der Waals surface area contributed by atoms with Crippen LogP contribution < -0.4 is 15.1 Å². The van der Waals surface area contributed by atoms with E-state index in [1.807, 2.05) is 24.4 Å². The van der Waals surface area contributed by atoms with Gasteiger partial charge in [-0.1, -0.05) is 13.8 Å². The Labute approximate surface area is 189 Å². The summed E-state index contributed by atoms with van der Waals surface area (Å²) >= 11 is 0. The Kier molecular flexibility index (Phi) is 7.21. The number of anilines is 2. The summed E-state index contributed by atoms with van der Waals surface area (Å²) in [5.74, 6) is 1.88. The van der Waals surface area contributed by atoms with Gasteiger partial charge < -0.3 is 24.4 Å². The van der Waals surface area contributed by atoms with Crippen molar-refractivity contribution in [2.45, 2.75) is 20.3 Å². The van der Waals surface area contributed by atoms with Crippen molar-refractivity contribution in [2.75, 3.05) is 62.2 Å². The molecule has 1 aliphatic rings. The lowest BCUT2D eigenvalue weighted by Crippen LogP contribution is -2.47. The number of hydrogen-bond acceptors (Lipinski definition) is 6. The number of carbonyl (C=O) groups excluding carboxylic acids is 1. The van der Waals surface area contributed by atoms with Crippen LogP contribution in [0.15, 0.2) is 48.9 Å². The minimum Gasteiger partial charge on any atom is -0.354 e. The summed E-state index contributed by atoms with van der Waals surface area (Å²) in [6.45, 7) is 11.6. The van der Waals surface area contributed by atoms with Crippen LogP contribution in [0, 0.1) is 0 Å². The van der Waals surface area contributed by atoms with E-state index in [-0.39, 0.29) is 5.91 Å². The zero-order valence-electron chi connectivity index (χ0n) is 19.1. The number of carbonyl (C=O) groups is 1. The van der Waals surface area contributed by atoms with Gasteiger partial charge in [0.1, 0.15) is 5.82 Å². The topological polar surface area (TPSA) is 69.0 Å². The van der Waals surface area contributed by atoms with Crippen LogP contribution in [0.5, 0.6) is 0 Å². The van der Waals surface area contributed by atoms with Crippen molar-refractivity contribution in [3.05, 3.63) is 54.5 Å². The summed E-state index contributed by atoms with van der Waals surface area (Å²) in [5, 5.41) is 3.07. The molecule has 0 aliphatic carbocycles. The normalized spacial score (nSPS) is 14.3. The zero-order valence-corrected chi connectivity index (χ0v) is 19.1. The first kappa shape index (κ1) is 22.1. The number of hydrogen-bond donors (Lipinski definition) is 1. The molecule has 1 saturated heterocycles. The van der Waals surface area contributed by atoms with Gasteiger partial charge in [0.2, 0.25) is 5.95 Å². The first-order valence-corrected chi connectivity index (χ1v) is 11.6. The van der Waals surface area contributed by atoms with Crippen molar-refractivity contribution in [1.82, 2.24) is 24.6 Å². The number of amides is 1. The summed E-state index contributed by atoms with van der Waals surface area (Å²) in [6, 6.07) is 10.0. The van der Waals surface area contributed by atoms with E-state index < -0.39 is 0 Å². The smallest absolute Gasteiger partial charge is 0.252 e. The second kappa shape index (κ2) is 10.5. The molecule has 0 saturated carbocycles. The Morgan fingerprint density at radius 2 is 1.69 bits per heavy atom. The lowest BCUT2D eigenvalue weighted by atomic mass is 10.2. The molecule has 4 heterocycles. The van der Waals surface area contributed by atoms with E-state index in [4.69, 9.17) is 0 Å². The first-order valence-electron chi connectivity index (χ1n) is 11.6. The van der Waals surface area contributed by atoms with Crippen LogP contribution >= 0.6 is 0 Å². The molecule has 170 valence electrons. The molecule has 0 spiro atoms. The molecule has 1 N–H and O–H groups in total. The molecule has 3 aromatic heterocycles. The third-order valence-corrected chi connectivity index (χ3v) is 6.16. The van der Waals surface area contributed by atoms with Gasteiger partial charge in [-0.25, -0.2) is 9.97 Å². The number of nitrogens with one attached hydrogen (secondary N) is 1. The summed E-state index contributed by atoms with van der Waals surface area (Å²) < 4.78 is 2.12. The Morgan fingerprint density at radius 3 is 2.41 bits per heavy atom. The van der Waals surface area contributed by atoms with E-state index >= 15 is 0 Å². The summed E-state index contributed by atoms with van der Waals surface area (Å²) in [7, 11) is 0. The predicted octanol–water partition coefficient (Wildman–Crippen LogP) is 2.52. The summed E-state index contributed by atoms with van der Waals surface area (Å²) in [5.41, 5.74) is 1.78. The van der Waals surface area contributed by atoms with Gasteiger partial charge in [0.25, 0.3) is 5.91 Å². The van der Waals surface area contributed by atoms with Crippen LogP contribution in [-0.2, 0) is 0 Å². The van der Waals surface area contributed by atoms with Gasteiger partial charge in [0.15, 0.2) is 0 Å². The number of piperazine rings is 1. The van der Waals surface area contributed by atoms with Gasteiger partial charge in [0, 0.05) is 56.8 Å². The lowest BCUT2D eigenvalue weighted by molar-refractivity contribution is 0.0951. The van der Waals surface area contributed by atoms with E-state index in [1.165, 1.54) is 0 Å². The van der Waals surface area contributed by atoms with Gasteiger partial charge in [-0.15, -0.1) is 0 Å². The second-order valence-corrected chi connectivity index (χ2v) is 8.06. The van der Waals surface area contributed by atoms with Crippen molar-refractivity contribution in [1.29, 1.82) is 0 Å². The fraction of sp³-hybridized carbons (Fsp3) is 0.458. The average molecular weight is 436 g/mol. The largest absolute Gasteiger partial charge is 0.354 e. The van der Waals surface area contributed by atoms with Gasteiger partial charge in [0.05, 0.1) is 5.56 Å². The number of aromatic nitrogens is 3. The lowest BCUT2D eigenvalue weighted by Gasteiger charge is -2.35. The maximum Gasteiger partial charge on any atom is 0.252 e. The van der Waals surface area contributed by atoms with E-state index in [9.17, 15) is 4.79 Å². The molecule has 4 rings (SSSR count). The minimum absolute atomic E-state index is 0.0165. The highest BCUT2D eigenvalue weighted by Crippen LogP contribution is 2.22. The highest BCUT2D eigenvalue weighted by Gasteiger charge is 2.21. The van der Waals surface area contributed by atoms with Gasteiger partial charge in [-0.2, -0.15) is 0 Å². The third kappa shape index (κ3) is 5.02. The molecule has 1 amide bonds. The quantitative estimate of drug-likeness (QED) is 0.521. The van der Waals surface area contributed by atoms with E-state index in [2.05, 4.69) is 60.4 Å². The zero-order chi connectivity index (χ0) is 22.3. The Balaban J connectivity index is 1.38. The molecule has 1 fully saturated rings. The predicted molar refractivity (Wildman–Crippen MR) is 129 cm³/mol. The monoisotopic (exact) mass is 435 g/mol. The van der Waals surface area contributed by atoms with E-state index in [1.54, 1.807) is 12.4 Å². The van der Waals surface area contributed by atoms with Crippen LogP contribution in [0.4, 0.5) is 11.8 Å². The molecule has 0 unspecified atom stereocenters. The SMILES string of the molecule is CCN(CC)CCCNC(=O)c1ccc2ccc(N3CCN(c4ncccn4)CC3)n2c1. The van der Waals surface area contributed by atoms with Crippen molar-refractivity contribution < 1.29 is 4.79 Å². The Hall–Kier alpha value is -3.13. The Bertz CT molecular complexity index is 1010. The van der Waals surface area contributed by atoms with Gasteiger partial charge in [-0.3, -0.25) is 4.79 Å². The fourth-order valence-electron chi connectivity index (χ4n) is 4.22. The first-order chi connectivity index (χ1) is 15.7. The molecular formula is C24H33N7O. The van der Waals surface area contributed by atoms with Crippen LogP contribution in [-0.4, -0.2) is 77.5 Å². The highest BCUT2D eigenvalue weighted by molar-refractivity contribution is 5.94. The van der Waals surface area contributed by atoms with Gasteiger partial charge >= 0.3 is 0 Å². The van der Waals surface area contributed by atoms with Crippen LogP contribution in [0.25, 0.3) is 5.52 Å². The van der Waals surface area contributed by atoms with Crippen molar-refractivity contribution >= 4 is 23.2 Å². The number of rotatable bonds is 9. The molecule has 0 aromatic carbocycles. The highest BCUT2D eigenvalue weighted by atomic mass is 16.1. The Morgan fingerprint density at radius 1 is 1.00 bits per heavy atom. The van der Waals surface area contributed by atoms with Gasteiger partial charge in [-0.05, 0) is 56.4 Å². The standard InChI is InChI=1S/C24H33N7O/c1-3-28(4-2)14-6-13-25-23(32)20-7-8-21-9-10-22(31(21)19-20)29-15-17-30(18-16-29)24-26-11-5-12-27-24/h5,7-12,19H,3-4,6,13-18H2,1-2H3,(H,25,32). The molecule has 0 atom stereocenters. The number of nitrogens with zero attached hydrogens (tertiary/aromatic N) is 6. The molecule has 8 heteroatoms. The molecule has 0 radical (unpaired) electrons. The van der Waals surface area contributed by atoms with E-state index in [0.717, 1.165) is 69.5 Å². The minimum atomic E-state index is -0.0165.